The summed E-state index contributed by atoms with van der Waals surface area (Å²) in [5.41, 5.74) is -4.72. The van der Waals surface area contributed by atoms with Crippen molar-refractivity contribution in [1.29, 1.82) is 0 Å². The Bertz CT molecular complexity index is 5900. The highest BCUT2D eigenvalue weighted by Crippen LogP contribution is 2.60. The van der Waals surface area contributed by atoms with Crippen LogP contribution in [-0.4, -0.2) is 133 Å². The molecule has 8 aliphatic rings. The zero-order chi connectivity index (χ0) is 85.2. The number of aliphatic hydroxyl groups is 4. The van der Waals surface area contributed by atoms with E-state index in [9.17, 15) is 77.0 Å². The number of benzene rings is 4. The maximum Gasteiger partial charge on any atom is 0.530 e. The van der Waals surface area contributed by atoms with E-state index in [-0.39, 0.29) is 43.7 Å². The van der Waals surface area contributed by atoms with Gasteiger partial charge in [-0.15, -0.1) is 0 Å². The number of H-pyrrole nitrogens is 4. The second-order valence-electron chi connectivity index (χ2n) is 24.7. The topological polar surface area (TPSA) is 516 Å². The molecule has 16 atom stereocenters. The molecule has 0 radical (unpaired) electrons. The third-order valence-electron chi connectivity index (χ3n) is 16.5. The minimum Gasteiger partial charge on any atom is -0.404 e. The number of para-hydroxylation sites is 4. The molecule has 48 heteroatoms. The van der Waals surface area contributed by atoms with Crippen LogP contribution < -0.4 is 63.1 Å². The molecule has 0 amide bonds. The zero-order valence-corrected chi connectivity index (χ0v) is 60.3. The zero-order valence-electron chi connectivity index (χ0n) is 62.7. The van der Waals surface area contributed by atoms with E-state index < -0.39 is 201 Å². The lowest BCUT2D eigenvalue weighted by Gasteiger charge is -2.27. The number of alkyl halides is 4. The van der Waals surface area contributed by atoms with Crippen LogP contribution in [0, 0.1) is 0 Å². The van der Waals surface area contributed by atoms with Gasteiger partial charge in [-0.3, -0.25) is 93.6 Å². The minimum atomic E-state index is -4.67. The molecule has 12 heterocycles. The fraction of sp³-hybridized carbons (Fsp3) is 0.375. The summed E-state index contributed by atoms with van der Waals surface area (Å²) in [6.07, 6.45) is -15.2. The first kappa shape index (κ1) is 73.0. The molecule has 8 aliphatic heterocycles. The largest absolute Gasteiger partial charge is 0.530 e. The van der Waals surface area contributed by atoms with Gasteiger partial charge in [0.1, 0.15) is 73.7 Å². The van der Waals surface area contributed by atoms with Crippen molar-refractivity contribution < 1.29 is 138 Å². The first-order valence-electron chi connectivity index (χ1n) is 35.6. The van der Waals surface area contributed by atoms with Crippen molar-refractivity contribution in [3.05, 3.63) is 252 Å². The molecule has 8 N–H and O–H groups in total. The number of aromatic amines is 4. The lowest BCUT2D eigenvalue weighted by molar-refractivity contribution is -0.179. The summed E-state index contributed by atoms with van der Waals surface area (Å²) in [4.78, 5) is 100.0. The normalized spacial score (nSPS) is 34.3. The van der Waals surface area contributed by atoms with E-state index >= 15 is 17.6 Å². The fourth-order valence-corrected chi connectivity index (χ4v) is 15.9. The second-order valence-corrected chi connectivity index (χ2v) is 30.9. The Morgan fingerprint density at radius 1 is 0.384 bits per heavy atom. The van der Waals surface area contributed by atoms with Gasteiger partial charge in [-0.2, -0.15) is 0 Å². The summed E-state index contributed by atoms with van der Waals surface area (Å²) in [6, 6.07) is 29.7. The molecule has 0 spiro atoms. The Hall–Kier alpha value is -9.20. The summed E-state index contributed by atoms with van der Waals surface area (Å²) in [5, 5.41) is 40.7. The molecular formula is C64H64F4N8O32P4. The van der Waals surface area contributed by atoms with Gasteiger partial charge in [0.25, 0.3) is 22.2 Å². The molecule has 4 aromatic heterocycles. The molecule has 0 bridgehead atoms. The molecular weight excluding hydrogens is 1590 g/mol. The van der Waals surface area contributed by atoms with E-state index in [2.05, 4.69) is 0 Å². The number of halogens is 4. The van der Waals surface area contributed by atoms with Gasteiger partial charge in [0.2, 0.25) is 23.4 Å². The highest BCUT2D eigenvalue weighted by molar-refractivity contribution is 7.49. The first-order valence-corrected chi connectivity index (χ1v) is 38.4. The number of aliphatic hydroxyl groups excluding tert-OH is 4. The smallest absolute Gasteiger partial charge is 0.404 e. The van der Waals surface area contributed by atoms with Crippen LogP contribution in [0.1, 0.15) is 81.0 Å². The highest BCUT2D eigenvalue weighted by Gasteiger charge is 2.55. The van der Waals surface area contributed by atoms with Crippen LogP contribution in [-0.2, 0) is 99.8 Å². The minimum absolute atomic E-state index is 0.0361. The monoisotopic (exact) mass is 1660 g/mol. The molecule has 0 aliphatic carbocycles. The van der Waals surface area contributed by atoms with Crippen LogP contribution in [0.3, 0.4) is 0 Å². The SMILES string of the molecule is O=c1ccn([C@@H]2O[C@](F)(COP3(=O)OCc4ccccc4O3)C[C@H]2O)c(=O)[nH]1.[2H]C([2H])(OP1(=O)OCc2ccccc2O1)[C@]1(F)C[C@@H](O)[C@H](n2ccc(=O)[nH]c2=O)O1.[2H]C([2H])(OP1(=O)OCc2ccccc2O1)[C@]1(F)C[C@@H](O)[C@]([2H])(n2ccc(=O)[nH]c2=O)O1.[2H][C@@]1(n2ccc(=O)[nH]c2=O)O[C@](F)(COP2(=O)OCc3ccccc3O2)C[C@H]1O. The molecule has 4 saturated heterocycles. The Labute approximate surface area is 631 Å². The summed E-state index contributed by atoms with van der Waals surface area (Å²) in [5.74, 6) is -11.4. The molecule has 600 valence electrons. The molecule has 112 heavy (non-hydrogen) atoms. The number of ether oxygens (including phenoxy) is 4. The maximum atomic E-state index is 15.5. The van der Waals surface area contributed by atoms with Crippen molar-refractivity contribution in [2.24, 2.45) is 0 Å². The Morgan fingerprint density at radius 2 is 0.643 bits per heavy atom. The predicted molar refractivity (Wildman–Crippen MR) is 365 cm³/mol. The van der Waals surface area contributed by atoms with Gasteiger partial charge in [-0.05, 0) is 24.3 Å². The third kappa shape index (κ3) is 18.8. The van der Waals surface area contributed by atoms with Crippen LogP contribution >= 0.6 is 31.3 Å². The van der Waals surface area contributed by atoms with Crippen molar-refractivity contribution in [2.45, 2.75) is 125 Å². The summed E-state index contributed by atoms with van der Waals surface area (Å²) < 4.78 is 243. The van der Waals surface area contributed by atoms with Gasteiger partial charge < -0.3 is 57.5 Å². The molecule has 4 aromatic carbocycles. The number of nitrogens with one attached hydrogen (secondary N) is 4. The number of hydrogen-bond donors (Lipinski definition) is 8. The quantitative estimate of drug-likeness (QED) is 0.0472. The fourth-order valence-electron chi connectivity index (χ4n) is 11.2. The Kier molecular flexibility index (Phi) is 21.1. The first-order chi connectivity index (χ1) is 55.3. The standard InChI is InChI=1S/4C16H16FN2O8P/c4*17-16(7-11(20)14(26-16)19-6-5-13(21)18-15(19)22)9-25-28(23)24-8-10-3-1-2-4-12(10)27-28/h4*1-6,11,14,20H,7-9H2,(H,18,21,22)/t4*11-,14-,16+,28?/m1111/s1/i9D2,14D;14D;9D2;. The lowest BCUT2D eigenvalue weighted by atomic mass is 10.2. The summed E-state index contributed by atoms with van der Waals surface area (Å²) >= 11 is 0. The van der Waals surface area contributed by atoms with Crippen LogP contribution in [0.5, 0.6) is 23.0 Å². The van der Waals surface area contributed by atoms with Crippen LogP contribution in [0.2, 0.25) is 0 Å². The van der Waals surface area contributed by atoms with Gasteiger partial charge >= 0.3 is 54.0 Å². The number of nitrogens with zero attached hydrogens (tertiary/aromatic N) is 4. The third-order valence-corrected chi connectivity index (χ3v) is 21.5. The molecule has 40 nitrogen and oxygen atoms in total. The average Bonchev–Trinajstić information content (AvgIpc) is 1.57. The second kappa shape index (κ2) is 32.4. The number of rotatable bonds is 16. The van der Waals surface area contributed by atoms with E-state index in [1.807, 2.05) is 19.9 Å². The van der Waals surface area contributed by atoms with Crippen molar-refractivity contribution in [1.82, 2.24) is 38.2 Å². The van der Waals surface area contributed by atoms with Gasteiger partial charge in [0, 0.05) is 97.0 Å². The Morgan fingerprint density at radius 3 is 0.982 bits per heavy atom. The molecule has 16 rings (SSSR count). The van der Waals surface area contributed by atoms with Crippen LogP contribution in [0.25, 0.3) is 0 Å². The van der Waals surface area contributed by atoms with Crippen molar-refractivity contribution in [2.75, 3.05) is 26.3 Å². The molecule has 4 fully saturated rings. The Balaban J connectivity index is 0.000000136. The predicted octanol–water partition coefficient (Wildman–Crippen LogP) is 4.86. The summed E-state index contributed by atoms with van der Waals surface area (Å²) in [7, 11) is -17.5. The van der Waals surface area contributed by atoms with E-state index in [4.69, 9.17) is 81.5 Å². The van der Waals surface area contributed by atoms with Gasteiger partial charge in [-0.1, -0.05) is 72.8 Å². The number of hydrogen-bond acceptors (Lipinski definition) is 32. The number of fused-ring (bicyclic) bond motifs is 4. The van der Waals surface area contributed by atoms with Gasteiger partial charge in [0.15, 0.2) is 24.9 Å². The van der Waals surface area contributed by atoms with E-state index in [0.717, 1.165) is 53.6 Å². The number of phosphoric ester groups is 4. The summed E-state index contributed by atoms with van der Waals surface area (Å²) in [6.45, 7) is -9.42. The van der Waals surface area contributed by atoms with Crippen molar-refractivity contribution in [3.8, 4) is 23.0 Å². The van der Waals surface area contributed by atoms with Crippen molar-refractivity contribution >= 4 is 31.3 Å². The van der Waals surface area contributed by atoms with Gasteiger partial charge in [0.05, 0.1) is 34.7 Å². The van der Waals surface area contributed by atoms with Crippen molar-refractivity contribution in [3.63, 3.8) is 0 Å². The van der Waals surface area contributed by atoms with E-state index in [0.29, 0.717) is 41.7 Å². The van der Waals surface area contributed by atoms with E-state index in [1.54, 1.807) is 84.9 Å². The lowest BCUT2D eigenvalue weighted by Crippen LogP contribution is -2.35. The van der Waals surface area contributed by atoms with Crippen LogP contribution in [0.4, 0.5) is 17.6 Å². The number of aromatic nitrogens is 8. The average molecular weight is 1660 g/mol. The van der Waals surface area contributed by atoms with E-state index in [1.165, 1.54) is 12.1 Å². The number of phosphoric acid groups is 4. The molecule has 4 unspecified atom stereocenters. The van der Waals surface area contributed by atoms with Gasteiger partial charge in [-0.25, -0.2) is 55.0 Å². The van der Waals surface area contributed by atoms with Crippen LogP contribution in [0.15, 0.2) is 184 Å². The maximum absolute atomic E-state index is 15.5. The molecule has 8 aromatic rings. The highest BCUT2D eigenvalue weighted by atomic mass is 31.2. The molecule has 0 saturated carbocycles.